The predicted molar refractivity (Wildman–Crippen MR) is 75.6 cm³/mol. The number of ether oxygens (including phenoxy) is 1. The van der Waals surface area contributed by atoms with Crippen LogP contribution in [-0.2, 0) is 9.53 Å². The van der Waals surface area contributed by atoms with Gasteiger partial charge < -0.3 is 14.3 Å². The normalized spacial score (nSPS) is 13.6. The Kier molecular flexibility index (Phi) is 6.24. The van der Waals surface area contributed by atoms with E-state index in [9.17, 15) is 31.5 Å². The summed E-state index contributed by atoms with van der Waals surface area (Å²) in [5.74, 6) is -9.47. The summed E-state index contributed by atoms with van der Waals surface area (Å²) in [6.07, 6.45) is -7.04. The van der Waals surface area contributed by atoms with Crippen molar-refractivity contribution in [3.63, 3.8) is 0 Å². The number of ketones is 1. The van der Waals surface area contributed by atoms with Crippen LogP contribution < -0.4 is 0 Å². The van der Waals surface area contributed by atoms with Gasteiger partial charge >= 0.3 is 12.1 Å². The van der Waals surface area contributed by atoms with E-state index >= 15 is 0 Å². The number of carboxylic acids is 1. The summed E-state index contributed by atoms with van der Waals surface area (Å²) in [6.45, 7) is -0.199. The summed E-state index contributed by atoms with van der Waals surface area (Å²) in [5, 5.41) is 8.78. The van der Waals surface area contributed by atoms with E-state index in [1.54, 1.807) is 21.1 Å². The van der Waals surface area contributed by atoms with Crippen LogP contribution in [0.25, 0.3) is 0 Å². The maximum atomic E-state index is 14.0. The minimum absolute atomic E-state index is 0.0434. The molecule has 0 saturated heterocycles. The van der Waals surface area contributed by atoms with Crippen molar-refractivity contribution in [2.45, 2.75) is 18.6 Å². The number of Topliss-reactive ketones (excluding diaryl/α,β-unsaturated/α-hetero) is 1. The van der Waals surface area contributed by atoms with Gasteiger partial charge in [0.2, 0.25) is 0 Å². The van der Waals surface area contributed by atoms with E-state index in [0.717, 1.165) is 0 Å². The van der Waals surface area contributed by atoms with E-state index in [1.807, 2.05) is 0 Å². The summed E-state index contributed by atoms with van der Waals surface area (Å²) >= 11 is 0. The zero-order valence-electron chi connectivity index (χ0n) is 13.7. The third-order valence-electron chi connectivity index (χ3n) is 3.01. The molecule has 1 unspecified atom stereocenters. The lowest BCUT2D eigenvalue weighted by atomic mass is 10.1. The van der Waals surface area contributed by atoms with Crippen LogP contribution in [0.2, 0.25) is 0 Å². The molecule has 0 fully saturated rings. The zero-order valence-corrected chi connectivity index (χ0v) is 13.7. The van der Waals surface area contributed by atoms with Gasteiger partial charge in [0.1, 0.15) is 12.6 Å². The maximum absolute atomic E-state index is 14.0. The molecule has 5 nitrogen and oxygen atoms in total. The van der Waals surface area contributed by atoms with Gasteiger partial charge in [0.05, 0.1) is 33.1 Å². The van der Waals surface area contributed by atoms with Crippen molar-refractivity contribution >= 4 is 11.8 Å². The SMILES string of the molecule is C[N+](C)(C)CC(CC(=O)O)OC(F)(F)C(=O)c1ccc(F)c(F)c1F. The van der Waals surface area contributed by atoms with E-state index in [4.69, 9.17) is 5.11 Å². The van der Waals surface area contributed by atoms with Crippen molar-refractivity contribution < 1.29 is 45.9 Å². The van der Waals surface area contributed by atoms with Gasteiger partial charge in [-0.15, -0.1) is 0 Å². The Morgan fingerprint density at radius 2 is 1.72 bits per heavy atom. The first kappa shape index (κ1) is 21.0. The molecule has 0 amide bonds. The minimum atomic E-state index is -4.62. The molecular formula is C15H17F5NO4+. The molecule has 0 heterocycles. The average Bonchev–Trinajstić information content (AvgIpc) is 2.41. The fourth-order valence-corrected chi connectivity index (χ4v) is 2.07. The second kappa shape index (κ2) is 7.44. The first-order valence-electron chi connectivity index (χ1n) is 7.01. The van der Waals surface area contributed by atoms with Gasteiger partial charge in [-0.1, -0.05) is 0 Å². The number of halogens is 5. The van der Waals surface area contributed by atoms with E-state index in [1.165, 1.54) is 0 Å². The highest BCUT2D eigenvalue weighted by atomic mass is 19.3. The number of hydrogen-bond acceptors (Lipinski definition) is 3. The van der Waals surface area contributed by atoms with Gasteiger partial charge in [0.15, 0.2) is 17.5 Å². The van der Waals surface area contributed by atoms with Crippen LogP contribution in [0.4, 0.5) is 22.0 Å². The largest absolute Gasteiger partial charge is 0.481 e. The van der Waals surface area contributed by atoms with Crippen LogP contribution in [0, 0.1) is 17.5 Å². The van der Waals surface area contributed by atoms with Crippen molar-refractivity contribution in [2.24, 2.45) is 0 Å². The molecule has 25 heavy (non-hydrogen) atoms. The van der Waals surface area contributed by atoms with E-state index in [2.05, 4.69) is 4.74 Å². The van der Waals surface area contributed by atoms with Gasteiger partial charge in [-0.2, -0.15) is 8.78 Å². The van der Waals surface area contributed by atoms with E-state index < -0.39 is 53.4 Å². The van der Waals surface area contributed by atoms with Gasteiger partial charge in [-0.25, -0.2) is 13.2 Å². The lowest BCUT2D eigenvalue weighted by molar-refractivity contribution is -0.874. The van der Waals surface area contributed by atoms with Crippen molar-refractivity contribution in [1.29, 1.82) is 0 Å². The van der Waals surface area contributed by atoms with Crippen molar-refractivity contribution in [3.8, 4) is 0 Å². The molecule has 0 aliphatic carbocycles. The zero-order chi connectivity index (χ0) is 19.6. The first-order valence-corrected chi connectivity index (χ1v) is 7.01. The number of rotatable bonds is 8. The molecular weight excluding hydrogens is 353 g/mol. The van der Waals surface area contributed by atoms with E-state index in [-0.39, 0.29) is 11.0 Å². The maximum Gasteiger partial charge on any atom is 0.421 e. The molecule has 0 saturated carbocycles. The molecule has 140 valence electrons. The Labute approximate surface area is 140 Å². The highest BCUT2D eigenvalue weighted by Crippen LogP contribution is 2.27. The standard InChI is InChI=1S/C15H16F5NO4/c1-21(2,3)7-8(6-11(22)23)25-15(19,20)14(24)9-4-5-10(16)13(18)12(9)17/h4-5,8H,6-7H2,1-3H3/p+1. The Balaban J connectivity index is 3.10. The molecule has 0 aliphatic rings. The highest BCUT2D eigenvalue weighted by Gasteiger charge is 2.46. The van der Waals surface area contributed by atoms with Gasteiger partial charge in [0, 0.05) is 0 Å². The molecule has 0 bridgehead atoms. The first-order chi connectivity index (χ1) is 11.2. The summed E-state index contributed by atoms with van der Waals surface area (Å²) in [5.41, 5.74) is -1.40. The number of carbonyl (C=O) groups is 2. The quantitative estimate of drug-likeness (QED) is 0.331. The number of quaternary nitrogens is 1. The number of hydrogen-bond donors (Lipinski definition) is 1. The summed E-state index contributed by atoms with van der Waals surface area (Å²) < 4.78 is 71.9. The number of likely N-dealkylation sites (N-methyl/N-ethyl adjacent to an activating group) is 1. The molecule has 1 atom stereocenters. The van der Waals surface area contributed by atoms with Gasteiger partial charge in [0.25, 0.3) is 5.78 Å². The third-order valence-corrected chi connectivity index (χ3v) is 3.01. The van der Waals surface area contributed by atoms with Crippen LogP contribution in [-0.4, -0.2) is 61.2 Å². The fraction of sp³-hybridized carbons (Fsp3) is 0.467. The highest BCUT2D eigenvalue weighted by molar-refractivity contribution is 6.00. The Morgan fingerprint density at radius 3 is 2.20 bits per heavy atom. The number of benzene rings is 1. The lowest BCUT2D eigenvalue weighted by Gasteiger charge is -2.30. The van der Waals surface area contributed by atoms with Crippen LogP contribution >= 0.6 is 0 Å². The lowest BCUT2D eigenvalue weighted by Crippen LogP contribution is -2.47. The second-order valence-electron chi connectivity index (χ2n) is 6.38. The van der Waals surface area contributed by atoms with Crippen molar-refractivity contribution in [2.75, 3.05) is 27.7 Å². The monoisotopic (exact) mass is 370 g/mol. The van der Waals surface area contributed by atoms with Gasteiger partial charge in [-0.05, 0) is 12.1 Å². The van der Waals surface area contributed by atoms with Crippen LogP contribution in [0.3, 0.4) is 0 Å². The topological polar surface area (TPSA) is 63.6 Å². The third kappa shape index (κ3) is 5.75. The second-order valence-corrected chi connectivity index (χ2v) is 6.38. The Morgan fingerprint density at radius 1 is 1.16 bits per heavy atom. The summed E-state index contributed by atoms with van der Waals surface area (Å²) in [7, 11) is 4.73. The molecule has 0 spiro atoms. The molecule has 1 aromatic rings. The number of nitrogens with zero attached hydrogens (tertiary/aromatic N) is 1. The van der Waals surface area contributed by atoms with Crippen molar-refractivity contribution in [1.82, 2.24) is 0 Å². The molecule has 1 aromatic carbocycles. The summed E-state index contributed by atoms with van der Waals surface area (Å²) in [6, 6.07) is 0.682. The number of aliphatic carboxylic acids is 1. The van der Waals surface area contributed by atoms with Crippen LogP contribution in [0.1, 0.15) is 16.8 Å². The molecule has 0 radical (unpaired) electrons. The number of carbonyl (C=O) groups excluding carboxylic acids is 1. The Bertz CT molecular complexity index is 673. The molecule has 10 heteroatoms. The smallest absolute Gasteiger partial charge is 0.421 e. The molecule has 0 aromatic heterocycles. The van der Waals surface area contributed by atoms with Gasteiger partial charge in [-0.3, -0.25) is 9.59 Å². The molecule has 0 aliphatic heterocycles. The number of alkyl halides is 2. The predicted octanol–water partition coefficient (Wildman–Crippen LogP) is 2.45. The fourth-order valence-electron chi connectivity index (χ4n) is 2.07. The molecule has 1 N–H and O–H groups in total. The van der Waals surface area contributed by atoms with Crippen LogP contribution in [0.5, 0.6) is 0 Å². The minimum Gasteiger partial charge on any atom is -0.481 e. The Hall–Kier alpha value is -2.07. The summed E-state index contributed by atoms with van der Waals surface area (Å²) in [4.78, 5) is 22.6. The van der Waals surface area contributed by atoms with Crippen LogP contribution in [0.15, 0.2) is 12.1 Å². The molecule has 1 rings (SSSR count). The average molecular weight is 370 g/mol. The van der Waals surface area contributed by atoms with Crippen molar-refractivity contribution in [3.05, 3.63) is 35.1 Å². The van der Waals surface area contributed by atoms with E-state index in [0.29, 0.717) is 12.1 Å². The number of carboxylic acid groups (broad SMARTS) is 1.